The maximum Gasteiger partial charge on any atom is 0.321 e. The van der Waals surface area contributed by atoms with Crippen LogP contribution in [0.1, 0.15) is 0 Å². The summed E-state index contributed by atoms with van der Waals surface area (Å²) in [6.07, 6.45) is -9.16. The number of hydrogen-bond donors (Lipinski definition) is 4. The van der Waals surface area contributed by atoms with Gasteiger partial charge in [-0.2, -0.15) is 12.6 Å². The Morgan fingerprint density at radius 1 is 1.22 bits per heavy atom. The van der Waals surface area contributed by atoms with Crippen molar-refractivity contribution in [3.63, 3.8) is 0 Å². The Kier molecular flexibility index (Phi) is 5.23. The lowest BCUT2D eigenvalue weighted by atomic mass is 9.88. The number of carboxylic acids is 1. The van der Waals surface area contributed by atoms with Crippen molar-refractivity contribution in [2.75, 3.05) is 6.54 Å². The Morgan fingerprint density at radius 3 is 2.06 bits per heavy atom. The van der Waals surface area contributed by atoms with Gasteiger partial charge in [-0.1, -0.05) is 0 Å². The summed E-state index contributed by atoms with van der Waals surface area (Å²) in [6, 6.07) is -3.18. The van der Waals surface area contributed by atoms with Crippen LogP contribution in [0.2, 0.25) is 0 Å². The maximum absolute atomic E-state index is 13.5. The number of halogens is 4. The van der Waals surface area contributed by atoms with Crippen LogP contribution in [0.5, 0.6) is 0 Å². The van der Waals surface area contributed by atoms with Crippen LogP contribution in [0.4, 0.5) is 17.6 Å². The maximum atomic E-state index is 13.5. The summed E-state index contributed by atoms with van der Waals surface area (Å²) in [5, 5.41) is 8.91. The van der Waals surface area contributed by atoms with E-state index in [1.807, 2.05) is 0 Å². The predicted octanol–water partition coefficient (Wildman–Crippen LogP) is 0.0209. The third-order valence-electron chi connectivity index (χ3n) is 2.84. The molecule has 0 aromatic carbocycles. The summed E-state index contributed by atoms with van der Waals surface area (Å²) in [4.78, 5) is 10.4. The number of rotatable bonds is 4. The minimum atomic E-state index is -2.31. The summed E-state index contributed by atoms with van der Waals surface area (Å²) in [5.74, 6) is -1.38. The lowest BCUT2D eigenvalue weighted by molar-refractivity contribution is -0.138. The smallest absolute Gasteiger partial charge is 0.321 e. The van der Waals surface area contributed by atoms with E-state index in [1.165, 1.54) is 0 Å². The molecule has 0 aromatic rings. The Hall–Kier alpha value is -0.540. The number of nitrogens with one attached hydrogen (secondary N) is 1. The topological polar surface area (TPSA) is 75.3 Å². The van der Waals surface area contributed by atoms with E-state index in [0.29, 0.717) is 0 Å². The molecule has 9 heteroatoms. The number of carboxylic acid groups (broad SMARTS) is 1. The fraction of sp³-hybridized carbons (Fsp3) is 0.889. The third-order valence-corrected chi connectivity index (χ3v) is 3.41. The van der Waals surface area contributed by atoms with Crippen LogP contribution in [-0.2, 0) is 4.79 Å². The second-order valence-electron chi connectivity index (χ2n) is 4.15. The lowest BCUT2D eigenvalue weighted by Gasteiger charge is -2.38. The molecule has 1 aliphatic rings. The molecule has 0 bridgehead atoms. The Morgan fingerprint density at radius 2 is 1.67 bits per heavy atom. The minimum Gasteiger partial charge on any atom is -0.480 e. The van der Waals surface area contributed by atoms with Crippen molar-refractivity contribution in [3.05, 3.63) is 0 Å². The number of hydrogen-bond acceptors (Lipinski definition) is 4. The monoisotopic (exact) mass is 290 g/mol. The summed E-state index contributed by atoms with van der Waals surface area (Å²) in [6.45, 7) is -0.489. The molecule has 4 unspecified atom stereocenters. The molecule has 0 spiro atoms. The van der Waals surface area contributed by atoms with Gasteiger partial charge in [-0.05, 0) is 0 Å². The Bertz CT molecular complexity index is 296. The Labute approximate surface area is 106 Å². The van der Waals surface area contributed by atoms with Crippen molar-refractivity contribution < 1.29 is 27.5 Å². The van der Waals surface area contributed by atoms with E-state index < -0.39 is 54.5 Å². The van der Waals surface area contributed by atoms with Crippen molar-refractivity contribution >= 4 is 18.6 Å². The van der Waals surface area contributed by atoms with Crippen LogP contribution in [0.25, 0.3) is 0 Å². The summed E-state index contributed by atoms with van der Waals surface area (Å²) in [7, 11) is 0. The molecule has 1 rings (SSSR count). The molecule has 0 heterocycles. The zero-order valence-corrected chi connectivity index (χ0v) is 10.0. The quantitative estimate of drug-likeness (QED) is 0.435. The summed E-state index contributed by atoms with van der Waals surface area (Å²) >= 11 is 3.48. The zero-order chi connectivity index (χ0) is 14.0. The SMILES string of the molecule is N[C@@H](CNC1C(F)C(F)C(S)C(F)C1F)C(=O)O. The molecule has 5 atom stereocenters. The zero-order valence-electron chi connectivity index (χ0n) is 9.14. The summed E-state index contributed by atoms with van der Waals surface area (Å²) < 4.78 is 53.5. The second-order valence-corrected chi connectivity index (χ2v) is 4.74. The van der Waals surface area contributed by atoms with Crippen LogP contribution in [0, 0.1) is 0 Å². The van der Waals surface area contributed by atoms with Gasteiger partial charge in [0.2, 0.25) is 0 Å². The molecule has 0 aliphatic heterocycles. The molecule has 4 nitrogen and oxygen atoms in total. The van der Waals surface area contributed by atoms with Crippen LogP contribution in [0.3, 0.4) is 0 Å². The fourth-order valence-electron chi connectivity index (χ4n) is 1.70. The molecule has 0 radical (unpaired) electrons. The van der Waals surface area contributed by atoms with Gasteiger partial charge in [0.25, 0.3) is 0 Å². The first-order valence-corrected chi connectivity index (χ1v) is 5.75. The highest BCUT2D eigenvalue weighted by atomic mass is 32.1. The van der Waals surface area contributed by atoms with E-state index in [1.54, 1.807) is 0 Å². The second kappa shape index (κ2) is 6.07. The fourth-order valence-corrected chi connectivity index (χ4v) is 2.03. The van der Waals surface area contributed by atoms with E-state index in [4.69, 9.17) is 10.8 Å². The van der Waals surface area contributed by atoms with Gasteiger partial charge in [0.15, 0.2) is 12.3 Å². The molecule has 0 saturated heterocycles. The standard InChI is InChI=1S/C9H14F4N2O2S/c10-3-5(12)8(18)6(13)4(11)7(3)15-1-2(14)9(16)17/h2-8,15,18H,1,14H2,(H,16,17)/t2-,3?,4?,5?,6?,7?,8?/m0/s1. The number of aliphatic carboxylic acids is 1. The first-order chi connectivity index (χ1) is 8.27. The van der Waals surface area contributed by atoms with E-state index >= 15 is 0 Å². The lowest BCUT2D eigenvalue weighted by Crippen LogP contribution is -2.62. The molecule has 106 valence electrons. The van der Waals surface area contributed by atoms with Gasteiger partial charge in [0.1, 0.15) is 18.4 Å². The summed E-state index contributed by atoms with van der Waals surface area (Å²) in [5.41, 5.74) is 5.11. The van der Waals surface area contributed by atoms with Gasteiger partial charge in [0, 0.05) is 6.54 Å². The molecule has 1 saturated carbocycles. The van der Waals surface area contributed by atoms with Gasteiger partial charge >= 0.3 is 5.97 Å². The molecule has 4 N–H and O–H groups in total. The number of carbonyl (C=O) groups is 1. The number of thiol groups is 1. The van der Waals surface area contributed by atoms with Crippen molar-refractivity contribution in [2.45, 2.75) is 42.0 Å². The normalized spacial score (nSPS) is 42.6. The van der Waals surface area contributed by atoms with Crippen molar-refractivity contribution in [3.8, 4) is 0 Å². The molecule has 1 aliphatic carbocycles. The molecule has 0 aromatic heterocycles. The molecular weight excluding hydrogens is 276 g/mol. The van der Waals surface area contributed by atoms with Crippen LogP contribution < -0.4 is 11.1 Å². The largest absolute Gasteiger partial charge is 0.480 e. The molecule has 18 heavy (non-hydrogen) atoms. The van der Waals surface area contributed by atoms with Crippen LogP contribution >= 0.6 is 12.6 Å². The van der Waals surface area contributed by atoms with Crippen LogP contribution in [0.15, 0.2) is 0 Å². The predicted molar refractivity (Wildman–Crippen MR) is 59.8 cm³/mol. The minimum absolute atomic E-state index is 0.489. The van der Waals surface area contributed by atoms with Gasteiger partial charge in [-0.25, -0.2) is 17.6 Å². The number of nitrogens with two attached hydrogens (primary N) is 1. The first kappa shape index (κ1) is 15.5. The third kappa shape index (κ3) is 3.07. The average Bonchev–Trinajstić information content (AvgIpc) is 2.33. The first-order valence-electron chi connectivity index (χ1n) is 5.23. The van der Waals surface area contributed by atoms with Gasteiger partial charge in [-0.15, -0.1) is 0 Å². The molecule has 0 amide bonds. The molecule has 1 fully saturated rings. The van der Waals surface area contributed by atoms with Crippen molar-refractivity contribution in [2.24, 2.45) is 5.73 Å². The average molecular weight is 290 g/mol. The van der Waals surface area contributed by atoms with Gasteiger partial charge in [0.05, 0.1) is 11.3 Å². The van der Waals surface area contributed by atoms with Gasteiger partial charge in [-0.3, -0.25) is 4.79 Å². The van der Waals surface area contributed by atoms with Crippen molar-refractivity contribution in [1.29, 1.82) is 0 Å². The Balaban J connectivity index is 2.66. The number of alkyl halides is 4. The highest BCUT2D eigenvalue weighted by Gasteiger charge is 2.51. The molecular formula is C9H14F4N2O2S. The van der Waals surface area contributed by atoms with E-state index in [0.717, 1.165) is 0 Å². The van der Waals surface area contributed by atoms with Gasteiger partial charge < -0.3 is 16.2 Å². The van der Waals surface area contributed by atoms with E-state index in [-0.39, 0.29) is 0 Å². The highest BCUT2D eigenvalue weighted by molar-refractivity contribution is 7.81. The van der Waals surface area contributed by atoms with E-state index in [2.05, 4.69) is 17.9 Å². The highest BCUT2D eigenvalue weighted by Crippen LogP contribution is 2.32. The van der Waals surface area contributed by atoms with E-state index in [9.17, 15) is 22.4 Å². The van der Waals surface area contributed by atoms with Crippen LogP contribution in [-0.4, -0.2) is 59.6 Å². The van der Waals surface area contributed by atoms with Crippen molar-refractivity contribution in [1.82, 2.24) is 5.32 Å².